The molecule has 5 heterocycles. The van der Waals surface area contributed by atoms with E-state index >= 15 is 0 Å². The van der Waals surface area contributed by atoms with Crippen LogP contribution in [0.15, 0.2) is 108 Å². The number of para-hydroxylation sites is 1. The van der Waals surface area contributed by atoms with Crippen LogP contribution in [0.3, 0.4) is 0 Å². The summed E-state index contributed by atoms with van der Waals surface area (Å²) in [5.41, 5.74) is 11.1. The molecule has 16 atom stereocenters. The van der Waals surface area contributed by atoms with Crippen LogP contribution in [0.5, 0.6) is 0 Å². The van der Waals surface area contributed by atoms with Crippen molar-refractivity contribution in [3.63, 3.8) is 0 Å². The maximum atomic E-state index is 14.4. The van der Waals surface area contributed by atoms with Crippen molar-refractivity contribution in [2.45, 2.75) is 282 Å². The van der Waals surface area contributed by atoms with E-state index < -0.39 is 268 Å². The fraction of sp³-hybridized carbons (Fsp3) is 0.556. The van der Waals surface area contributed by atoms with E-state index in [1.54, 1.807) is 6.07 Å². The van der Waals surface area contributed by atoms with E-state index in [4.69, 9.17) is 10.8 Å². The molecule has 41 nitrogen and oxygen atoms in total. The number of aromatic nitrogens is 4. The van der Waals surface area contributed by atoms with Gasteiger partial charge >= 0.3 is 11.9 Å². The number of primary amides is 1. The second-order valence-corrected chi connectivity index (χ2v) is 40.6. The summed E-state index contributed by atoms with van der Waals surface area (Å²) in [6.45, 7) is 23.2. The average molecular weight is 2020 g/mol. The predicted octanol–water partition coefficient (Wildman–Crippen LogP) is 4.64. The van der Waals surface area contributed by atoms with Crippen molar-refractivity contribution in [1.29, 1.82) is 0 Å². The van der Waals surface area contributed by atoms with E-state index in [2.05, 4.69) is 98.7 Å². The summed E-state index contributed by atoms with van der Waals surface area (Å²) in [6, 6.07) is 4.65. The zero-order valence-electron chi connectivity index (χ0n) is 82.7. The van der Waals surface area contributed by atoms with Gasteiger partial charge in [0.1, 0.15) is 12.3 Å². The molecule has 1 unspecified atom stereocenters. The molecule has 2 aromatic heterocycles. The van der Waals surface area contributed by atoms with Crippen molar-refractivity contribution in [2.24, 2.45) is 47.2 Å². The van der Waals surface area contributed by atoms with Gasteiger partial charge in [0, 0.05) is 179 Å². The minimum absolute atomic E-state index is 0.00808. The first-order valence-corrected chi connectivity index (χ1v) is 50.1. The van der Waals surface area contributed by atoms with Gasteiger partial charge in [-0.15, -0.1) is 11.8 Å². The number of aliphatic hydroxyl groups is 2. The van der Waals surface area contributed by atoms with Gasteiger partial charge in [0.2, 0.25) is 64.8 Å². The van der Waals surface area contributed by atoms with E-state index in [9.17, 15) is 119 Å². The third kappa shape index (κ3) is 33.5. The lowest BCUT2D eigenvalue weighted by molar-refractivity contribution is -0.433. The molecule has 43 heteroatoms. The topological polar surface area (TPSA) is 637 Å². The lowest BCUT2D eigenvalue weighted by atomic mass is 9.81. The maximum Gasteiger partial charge on any atom is 0.303 e. The number of aromatic amines is 2. The number of hydrogen-bond acceptors (Lipinski definition) is 27. The first-order valence-electron chi connectivity index (χ1n) is 47.6. The van der Waals surface area contributed by atoms with Gasteiger partial charge < -0.3 is 83.0 Å². The first kappa shape index (κ1) is 116. The Labute approximate surface area is 829 Å². The number of carbonyl (C=O) groups is 19. The third-order valence-electron chi connectivity index (χ3n) is 25.9. The molecule has 142 heavy (non-hydrogen) atoms. The van der Waals surface area contributed by atoms with Crippen molar-refractivity contribution in [3.05, 3.63) is 126 Å². The summed E-state index contributed by atoms with van der Waals surface area (Å²) in [6.07, 6.45) is 7.85. The minimum atomic E-state index is -4.40. The Morgan fingerprint density at radius 2 is 1.06 bits per heavy atom. The number of carboxylic acid groups (broad SMARTS) is 2. The number of benzene rings is 2. The van der Waals surface area contributed by atoms with Crippen LogP contribution in [0.1, 0.15) is 222 Å². The number of anilines is 1. The lowest BCUT2D eigenvalue weighted by Gasteiger charge is -2.27. The summed E-state index contributed by atoms with van der Waals surface area (Å²) in [7, 11) is -4.40. The van der Waals surface area contributed by atoms with Gasteiger partial charge in [-0.25, -0.2) is 9.97 Å². The predicted molar refractivity (Wildman–Crippen MR) is 521 cm³/mol. The Morgan fingerprint density at radius 3 is 1.54 bits per heavy atom. The zero-order chi connectivity index (χ0) is 106. The SMILES string of the molecule is CC[N+]1=C(/C=C/C=C/C=C2/N(CCCCCC(=O)NCCN3C(=O)CC(SC[C@@H](CC(C)=O)C(=O)N[C@H](C)C(=O)C[C@H](C)C(=O)N[C@H](C)C(=O)C[C@@H](C(=O)N[C@H](Cc4c[nH]cn4)C(=O)C[C@H](CCC(=O)O)C(=O)N[C@H](C)C(=O)C[C@H](C)C(=O)N[C@H](C)C(=O)C[C@@H](C(=O)N[C@H](Cc4c[nH]cn4)C(=O)C[C@H](CCC(=O)O)C(N)=O)[C@H](C)O)[C@H](C)O)C3=O)c3ccccc3C2(C)C)C(C)(C)c2cc(S(=O)(=O)O)ccc21. The Morgan fingerprint density at radius 1 is 0.563 bits per heavy atom. The Hall–Kier alpha value is -12.7. The highest BCUT2D eigenvalue weighted by Gasteiger charge is 2.47. The molecule has 1 fully saturated rings. The number of thioether (sulfide) groups is 1. The molecule has 2 aromatic carbocycles. The molecule has 0 bridgehead atoms. The van der Waals surface area contributed by atoms with Crippen molar-refractivity contribution < 1.29 is 129 Å². The molecule has 16 N–H and O–H groups in total. The van der Waals surface area contributed by atoms with Crippen LogP contribution in [-0.2, 0) is 125 Å². The number of imide groups is 1. The quantitative estimate of drug-likeness (QED) is 0.00940. The number of imidazole rings is 2. The number of amides is 10. The molecule has 3 aliphatic heterocycles. The van der Waals surface area contributed by atoms with Crippen molar-refractivity contribution in [3.8, 4) is 0 Å². The number of nitrogens with zero attached hydrogens (tertiary/aromatic N) is 5. The maximum absolute atomic E-state index is 14.4. The standard InChI is InChI=1S/C99H135N15O26S2/c1-15-112-76-32-31-68(142(138,139)140)45-72(76)99(13,14)84(112)26-18-16-19-27-85-98(11,12)71-24-21-22-25-75(71)113(85)36-23-17-20-28-86(124)103-35-37-114-87(125)48-83(97(114)137)141-51-65(40-56(4)115)94(134)109-58(6)78(119)39-55(3)92(132)107-60(8)80(121)47-70(62(10)117)96(136)111-74(44-67-50-102-53-105-67)82(123)42-64(30-34-89(128)129)93(133)108-57(5)77(118)38-54(2)91(131)106-59(7)79(120)46-69(61(9)116)95(135)110-73(43-66-49-101-52-104-66)81(122)41-63(90(100)130)29-33-88(126)127/h16,18-19,21-22,24-27,31-32,45,49-50,52-55,57-65,69-70,73-74,83,116-117H,15,17,20,23,28-30,33-44,46-48,51H2,1-14H3,(H13-,100,101,102,103,104,105,106,107,108,109,110,111,124,126,127,128,129,130,131,132,133,134,135,136,138,139,140)/p+1/t54-,55-,57+,58+,59+,60+,61-,62-,63-,64-,65+,69+,70+,73+,74+,83?/m0/s1. The van der Waals surface area contributed by atoms with Gasteiger partial charge in [-0.2, -0.15) is 13.0 Å². The first-order chi connectivity index (χ1) is 66.7. The van der Waals surface area contributed by atoms with Gasteiger partial charge in [-0.05, 0) is 125 Å². The average Bonchev–Trinajstić information content (AvgIpc) is 1.59. The molecule has 0 spiro atoms. The molecule has 0 saturated carbocycles. The van der Waals surface area contributed by atoms with Crippen LogP contribution in [-0.4, -0.2) is 266 Å². The number of rotatable bonds is 62. The van der Waals surface area contributed by atoms with Crippen LogP contribution in [0.2, 0.25) is 0 Å². The number of carboxylic acids is 2. The van der Waals surface area contributed by atoms with Crippen LogP contribution in [0.4, 0.5) is 11.4 Å². The largest absolute Gasteiger partial charge is 0.481 e. The van der Waals surface area contributed by atoms with Gasteiger partial charge in [0.15, 0.2) is 40.4 Å². The minimum Gasteiger partial charge on any atom is -0.481 e. The second-order valence-electron chi connectivity index (χ2n) is 37.9. The van der Waals surface area contributed by atoms with Crippen LogP contribution in [0, 0.1) is 41.4 Å². The number of H-pyrrole nitrogens is 2. The molecule has 3 aliphatic rings. The summed E-state index contributed by atoms with van der Waals surface area (Å²) in [5, 5.41) is 57.5. The number of hydrogen-bond donors (Lipinski definition) is 15. The summed E-state index contributed by atoms with van der Waals surface area (Å²) in [5.74, 6) is -24.4. The molecular formula is C99H136N15O26S2+. The van der Waals surface area contributed by atoms with Crippen LogP contribution >= 0.6 is 11.8 Å². The van der Waals surface area contributed by atoms with E-state index in [-0.39, 0.29) is 85.1 Å². The third-order valence-corrected chi connectivity index (χ3v) is 28.2. The van der Waals surface area contributed by atoms with Gasteiger partial charge in [0.05, 0.1) is 106 Å². The number of unbranched alkanes of at least 4 members (excludes halogenated alkanes) is 2. The zero-order valence-corrected chi connectivity index (χ0v) is 84.3. The highest BCUT2D eigenvalue weighted by molar-refractivity contribution is 8.00. The van der Waals surface area contributed by atoms with Crippen molar-refractivity contribution in [2.75, 3.05) is 36.8 Å². The van der Waals surface area contributed by atoms with Crippen molar-refractivity contribution >= 4 is 150 Å². The van der Waals surface area contributed by atoms with E-state index in [0.29, 0.717) is 25.2 Å². The molecule has 7 rings (SSSR count). The molecule has 10 amide bonds. The molecule has 0 radical (unpaired) electrons. The van der Waals surface area contributed by atoms with E-state index in [1.807, 2.05) is 57.2 Å². The van der Waals surface area contributed by atoms with Crippen molar-refractivity contribution in [1.82, 2.24) is 62.1 Å². The number of fused-ring (bicyclic) bond motifs is 2. The Kier molecular flexibility index (Phi) is 43.7. The number of aliphatic carboxylic acids is 2. The van der Waals surface area contributed by atoms with E-state index in [0.717, 1.165) is 57.9 Å². The number of likely N-dealkylation sites (tertiary alicyclic amines) is 1. The van der Waals surface area contributed by atoms with Gasteiger partial charge in [-0.3, -0.25) is 95.8 Å². The molecule has 1 saturated heterocycles. The summed E-state index contributed by atoms with van der Waals surface area (Å²) < 4.78 is 36.0. The summed E-state index contributed by atoms with van der Waals surface area (Å²) >= 11 is 0.994. The number of ketones is 7. The number of nitrogens with one attached hydrogen (secondary N) is 9. The Balaban J connectivity index is 0.840. The summed E-state index contributed by atoms with van der Waals surface area (Å²) in [4.78, 5) is 271. The molecule has 4 aromatic rings. The highest BCUT2D eigenvalue weighted by Crippen LogP contribution is 2.48. The van der Waals surface area contributed by atoms with Gasteiger partial charge in [0.25, 0.3) is 10.1 Å². The number of allylic oxidation sites excluding steroid dienone is 6. The number of aliphatic hydroxyl groups excluding tert-OH is 2. The highest BCUT2D eigenvalue weighted by atomic mass is 32.2. The Bertz CT molecular complexity index is 5550. The number of Topliss-reactive ketones (excluding diaryl/α,β-unsaturated/α-hetero) is 7. The fourth-order valence-electron chi connectivity index (χ4n) is 17.2. The number of carbonyl (C=O) groups excluding carboxylic acids is 17. The lowest BCUT2D eigenvalue weighted by Crippen LogP contribution is -2.50. The number of nitrogens with two attached hydrogens (primary N) is 1. The molecular weight excluding hydrogens is 1880 g/mol. The fourth-order valence-corrected chi connectivity index (χ4v) is 19.0. The molecule has 0 aliphatic carbocycles. The second kappa shape index (κ2) is 53.4. The van der Waals surface area contributed by atoms with E-state index in [1.165, 1.54) is 105 Å². The smallest absolute Gasteiger partial charge is 0.303 e. The monoisotopic (exact) mass is 2010 g/mol. The van der Waals surface area contributed by atoms with Gasteiger partial charge in [-0.1, -0.05) is 70.5 Å². The molecule has 774 valence electrons. The van der Waals surface area contributed by atoms with Crippen LogP contribution < -0.4 is 47.9 Å². The normalized spacial score (nSPS) is 17.8. The van der Waals surface area contributed by atoms with Crippen LogP contribution in [0.25, 0.3) is 0 Å².